The molecule has 0 spiro atoms. The molecule has 1 aromatic rings. The van der Waals surface area contributed by atoms with Crippen molar-refractivity contribution in [2.75, 3.05) is 13.1 Å². The van der Waals surface area contributed by atoms with E-state index in [9.17, 15) is 4.79 Å². The fourth-order valence-electron chi connectivity index (χ4n) is 1.45. The summed E-state index contributed by atoms with van der Waals surface area (Å²) in [7, 11) is 0. The fourth-order valence-corrected chi connectivity index (χ4v) is 2.36. The molecule has 1 N–H and O–H groups in total. The topological polar surface area (TPSA) is 40.5 Å². The maximum atomic E-state index is 11.9. The number of benzene rings is 1. The Morgan fingerprint density at radius 1 is 1.53 bits per heavy atom. The van der Waals surface area contributed by atoms with E-state index in [0.29, 0.717) is 18.7 Å². The Balaban J connectivity index is 2.22. The molecule has 1 amide bonds. The number of aliphatic hydroxyl groups excluding tert-OH is 1. The number of amides is 1. The van der Waals surface area contributed by atoms with Crippen molar-refractivity contribution < 1.29 is 9.90 Å². The zero-order valence-corrected chi connectivity index (χ0v) is 11.5. The molecule has 0 aliphatic carbocycles. The van der Waals surface area contributed by atoms with Gasteiger partial charge < -0.3 is 10.0 Å². The number of likely N-dealkylation sites (tertiary alicyclic amines) is 1. The number of hydrogen-bond acceptors (Lipinski definition) is 2. The highest BCUT2D eigenvalue weighted by Gasteiger charge is 2.30. The lowest BCUT2D eigenvalue weighted by molar-refractivity contribution is 0.00582. The van der Waals surface area contributed by atoms with Gasteiger partial charge in [-0.2, -0.15) is 0 Å². The van der Waals surface area contributed by atoms with E-state index >= 15 is 0 Å². The number of aliphatic hydroxyl groups is 1. The molecule has 0 bridgehead atoms. The first-order chi connectivity index (χ1) is 7.08. The minimum absolute atomic E-state index is 0.0225. The zero-order valence-electron chi connectivity index (χ0n) is 7.78. The van der Waals surface area contributed by atoms with Crippen LogP contribution in [0.15, 0.2) is 22.7 Å². The van der Waals surface area contributed by atoms with Gasteiger partial charge in [-0.25, -0.2) is 0 Å². The van der Waals surface area contributed by atoms with Gasteiger partial charge in [0.1, 0.15) is 0 Å². The van der Waals surface area contributed by atoms with Crippen LogP contribution in [0.4, 0.5) is 0 Å². The number of carbonyl (C=O) groups is 1. The number of nitrogens with zero attached hydrogens (tertiary/aromatic N) is 1. The van der Waals surface area contributed by atoms with Crippen molar-refractivity contribution in [3.63, 3.8) is 0 Å². The van der Waals surface area contributed by atoms with Crippen LogP contribution in [0.25, 0.3) is 0 Å². The van der Waals surface area contributed by atoms with Crippen LogP contribution in [0.1, 0.15) is 10.4 Å². The Morgan fingerprint density at radius 2 is 2.20 bits per heavy atom. The second-order valence-electron chi connectivity index (χ2n) is 3.49. The van der Waals surface area contributed by atoms with Crippen molar-refractivity contribution in [1.29, 1.82) is 0 Å². The van der Waals surface area contributed by atoms with Crippen molar-refractivity contribution in [1.82, 2.24) is 4.90 Å². The number of carbonyl (C=O) groups excluding carboxylic acids is 1. The van der Waals surface area contributed by atoms with Gasteiger partial charge in [-0.05, 0) is 56.7 Å². The first-order valence-corrected chi connectivity index (χ1v) is 6.37. The monoisotopic (exact) mass is 381 g/mol. The Kier molecular flexibility index (Phi) is 3.32. The van der Waals surface area contributed by atoms with Crippen molar-refractivity contribution in [2.24, 2.45) is 0 Å². The SMILES string of the molecule is O=C(c1cc(I)ccc1Br)N1CC(O)C1. The third-order valence-corrected chi connectivity index (χ3v) is 3.67. The second kappa shape index (κ2) is 4.39. The predicted octanol–water partition coefficient (Wildman–Crippen LogP) is 1.87. The molecule has 1 saturated heterocycles. The lowest BCUT2D eigenvalue weighted by atomic mass is 10.1. The third-order valence-electron chi connectivity index (χ3n) is 2.31. The molecule has 1 heterocycles. The summed E-state index contributed by atoms with van der Waals surface area (Å²) in [6, 6.07) is 5.65. The highest BCUT2D eigenvalue weighted by Crippen LogP contribution is 2.23. The van der Waals surface area contributed by atoms with Gasteiger partial charge in [0.05, 0.1) is 11.7 Å². The number of rotatable bonds is 1. The summed E-state index contributed by atoms with van der Waals surface area (Å²) < 4.78 is 1.83. The lowest BCUT2D eigenvalue weighted by Crippen LogP contribution is -2.53. The van der Waals surface area contributed by atoms with E-state index in [2.05, 4.69) is 38.5 Å². The fraction of sp³-hybridized carbons (Fsp3) is 0.300. The van der Waals surface area contributed by atoms with Gasteiger partial charge in [-0.1, -0.05) is 0 Å². The quantitative estimate of drug-likeness (QED) is 0.754. The van der Waals surface area contributed by atoms with Gasteiger partial charge in [0, 0.05) is 21.1 Å². The molecule has 1 aromatic carbocycles. The zero-order chi connectivity index (χ0) is 11.0. The maximum Gasteiger partial charge on any atom is 0.255 e. The van der Waals surface area contributed by atoms with Gasteiger partial charge in [0.2, 0.25) is 0 Å². The van der Waals surface area contributed by atoms with Gasteiger partial charge in [-0.15, -0.1) is 0 Å². The van der Waals surface area contributed by atoms with E-state index in [1.807, 2.05) is 18.2 Å². The molecule has 0 saturated carbocycles. The Hall–Kier alpha value is -0.140. The second-order valence-corrected chi connectivity index (χ2v) is 5.59. The van der Waals surface area contributed by atoms with Crippen molar-refractivity contribution >= 4 is 44.4 Å². The lowest BCUT2D eigenvalue weighted by Gasteiger charge is -2.36. The van der Waals surface area contributed by atoms with Gasteiger partial charge in [0.15, 0.2) is 0 Å². The average molecular weight is 382 g/mol. The van der Waals surface area contributed by atoms with Crippen LogP contribution in [-0.4, -0.2) is 35.1 Å². The van der Waals surface area contributed by atoms with E-state index < -0.39 is 0 Å². The third kappa shape index (κ3) is 2.34. The van der Waals surface area contributed by atoms with Gasteiger partial charge in [-0.3, -0.25) is 4.79 Å². The smallest absolute Gasteiger partial charge is 0.255 e. The van der Waals surface area contributed by atoms with Gasteiger partial charge >= 0.3 is 0 Å². The molecule has 15 heavy (non-hydrogen) atoms. The first kappa shape index (κ1) is 11.3. The number of hydrogen-bond donors (Lipinski definition) is 1. The van der Waals surface area contributed by atoms with E-state index in [1.165, 1.54) is 0 Å². The molecule has 5 heteroatoms. The summed E-state index contributed by atoms with van der Waals surface area (Å²) in [4.78, 5) is 13.6. The van der Waals surface area contributed by atoms with E-state index in [0.717, 1.165) is 8.04 Å². The van der Waals surface area contributed by atoms with Crippen LogP contribution < -0.4 is 0 Å². The molecule has 1 aliphatic heterocycles. The highest BCUT2D eigenvalue weighted by atomic mass is 127. The van der Waals surface area contributed by atoms with Crippen molar-refractivity contribution in [3.8, 4) is 0 Å². The number of halogens is 2. The molecule has 3 nitrogen and oxygen atoms in total. The minimum Gasteiger partial charge on any atom is -0.389 e. The minimum atomic E-state index is -0.351. The van der Waals surface area contributed by atoms with Gasteiger partial charge in [0.25, 0.3) is 5.91 Å². The van der Waals surface area contributed by atoms with Crippen LogP contribution in [0, 0.1) is 3.57 Å². The largest absolute Gasteiger partial charge is 0.389 e. The molecule has 1 fully saturated rings. The molecule has 0 aromatic heterocycles. The molecular formula is C10H9BrINO2. The normalized spacial score (nSPS) is 16.3. The van der Waals surface area contributed by atoms with Crippen LogP contribution in [0.5, 0.6) is 0 Å². The maximum absolute atomic E-state index is 11.9. The van der Waals surface area contributed by atoms with Crippen molar-refractivity contribution in [2.45, 2.75) is 6.10 Å². The Bertz CT molecular complexity index is 404. The van der Waals surface area contributed by atoms with E-state index in [4.69, 9.17) is 5.11 Å². The molecular weight excluding hydrogens is 373 g/mol. The van der Waals surface area contributed by atoms with Crippen LogP contribution in [-0.2, 0) is 0 Å². The highest BCUT2D eigenvalue weighted by molar-refractivity contribution is 14.1. The predicted molar refractivity (Wildman–Crippen MR) is 68.8 cm³/mol. The summed E-state index contributed by atoms with van der Waals surface area (Å²) in [5.41, 5.74) is 0.661. The van der Waals surface area contributed by atoms with Crippen LogP contribution in [0.3, 0.4) is 0 Å². The standard InChI is InChI=1S/C10H9BrINO2/c11-9-2-1-6(12)3-8(9)10(15)13-4-7(14)5-13/h1-3,7,14H,4-5H2. The molecule has 80 valence electrons. The molecule has 0 unspecified atom stereocenters. The summed E-state index contributed by atoms with van der Waals surface area (Å²) in [5.74, 6) is -0.0225. The summed E-state index contributed by atoms with van der Waals surface area (Å²) in [6.45, 7) is 0.882. The summed E-state index contributed by atoms with van der Waals surface area (Å²) >= 11 is 5.53. The van der Waals surface area contributed by atoms with Crippen molar-refractivity contribution in [3.05, 3.63) is 31.8 Å². The molecule has 1 aliphatic rings. The van der Waals surface area contributed by atoms with Crippen LogP contribution in [0.2, 0.25) is 0 Å². The number of β-amino-alcohol motifs (C(OH)–C–C–N with tert-alkyl or cyclic N) is 1. The van der Waals surface area contributed by atoms with E-state index in [-0.39, 0.29) is 12.0 Å². The summed E-state index contributed by atoms with van der Waals surface area (Å²) in [6.07, 6.45) is -0.351. The summed E-state index contributed by atoms with van der Waals surface area (Å²) in [5, 5.41) is 9.13. The molecule has 0 radical (unpaired) electrons. The molecule has 2 rings (SSSR count). The first-order valence-electron chi connectivity index (χ1n) is 4.50. The average Bonchev–Trinajstić information content (AvgIpc) is 2.16. The molecule has 0 atom stereocenters. The van der Waals surface area contributed by atoms with Crippen LogP contribution >= 0.6 is 38.5 Å². The Labute approximate surface area is 110 Å². The Morgan fingerprint density at radius 3 is 2.80 bits per heavy atom. The van der Waals surface area contributed by atoms with E-state index in [1.54, 1.807) is 4.90 Å².